The molecule has 1 heterocycles. The van der Waals surface area contributed by atoms with Gasteiger partial charge in [0.1, 0.15) is 0 Å². The van der Waals surface area contributed by atoms with Crippen molar-refractivity contribution in [3.63, 3.8) is 0 Å². The van der Waals surface area contributed by atoms with E-state index in [1.807, 2.05) is 12.1 Å². The van der Waals surface area contributed by atoms with Gasteiger partial charge in [0.25, 0.3) is 5.91 Å². The third-order valence-corrected chi connectivity index (χ3v) is 3.36. The molecule has 2 rings (SSSR count). The predicted molar refractivity (Wildman–Crippen MR) is 83.4 cm³/mol. The number of carbonyl (C=O) groups is 1. The van der Waals surface area contributed by atoms with Crippen molar-refractivity contribution >= 4 is 17.5 Å². The first-order valence-corrected chi connectivity index (χ1v) is 7.23. The van der Waals surface area contributed by atoms with Crippen molar-refractivity contribution < 1.29 is 14.6 Å². The summed E-state index contributed by atoms with van der Waals surface area (Å²) in [4.78, 5) is 14.0. The minimum atomic E-state index is -0.195. The second-order valence-electron chi connectivity index (χ2n) is 4.66. The third kappa shape index (κ3) is 4.07. The molecule has 7 heteroatoms. The van der Waals surface area contributed by atoms with E-state index in [9.17, 15) is 4.79 Å². The summed E-state index contributed by atoms with van der Waals surface area (Å²) < 4.78 is 6.57. The number of carbonyl (C=O) groups excluding carboxylic acids is 1. The number of rotatable bonds is 7. The van der Waals surface area contributed by atoms with Gasteiger partial charge in [-0.15, -0.1) is 0 Å². The molecular formula is C15H18ClN3O3. The van der Waals surface area contributed by atoms with Gasteiger partial charge >= 0.3 is 0 Å². The SMILES string of the molecule is COCCN(CCO)C(=O)c1cnn(-c2cccc(Cl)c2)c1. The van der Waals surface area contributed by atoms with E-state index in [2.05, 4.69) is 5.10 Å². The van der Waals surface area contributed by atoms with E-state index in [0.717, 1.165) is 5.69 Å². The number of hydrogen-bond acceptors (Lipinski definition) is 4. The minimum absolute atomic E-state index is 0.0993. The van der Waals surface area contributed by atoms with Gasteiger partial charge in [-0.1, -0.05) is 17.7 Å². The number of hydrogen-bond donors (Lipinski definition) is 1. The summed E-state index contributed by atoms with van der Waals surface area (Å²) in [5.41, 5.74) is 1.22. The van der Waals surface area contributed by atoms with Gasteiger partial charge in [0.15, 0.2) is 0 Å². The first-order valence-electron chi connectivity index (χ1n) is 6.85. The second-order valence-corrected chi connectivity index (χ2v) is 5.10. The summed E-state index contributed by atoms with van der Waals surface area (Å²) in [7, 11) is 1.57. The van der Waals surface area contributed by atoms with Gasteiger partial charge in [0, 0.05) is 31.4 Å². The van der Waals surface area contributed by atoms with Crippen LogP contribution in [0.25, 0.3) is 5.69 Å². The van der Waals surface area contributed by atoms with Crippen molar-refractivity contribution in [1.82, 2.24) is 14.7 Å². The van der Waals surface area contributed by atoms with Gasteiger partial charge in [-0.3, -0.25) is 4.79 Å². The van der Waals surface area contributed by atoms with Gasteiger partial charge in [0.2, 0.25) is 0 Å². The van der Waals surface area contributed by atoms with E-state index in [4.69, 9.17) is 21.4 Å². The topological polar surface area (TPSA) is 67.6 Å². The fourth-order valence-electron chi connectivity index (χ4n) is 2.01. The summed E-state index contributed by atoms with van der Waals surface area (Å²) in [6.45, 7) is 0.981. The Bertz CT molecular complexity index is 630. The maximum absolute atomic E-state index is 12.4. The minimum Gasteiger partial charge on any atom is -0.395 e. The Kier molecular flexibility index (Phi) is 5.94. The smallest absolute Gasteiger partial charge is 0.257 e. The van der Waals surface area contributed by atoms with Gasteiger partial charge < -0.3 is 14.7 Å². The van der Waals surface area contributed by atoms with Crippen molar-refractivity contribution in [2.75, 3.05) is 33.4 Å². The van der Waals surface area contributed by atoms with Crippen LogP contribution in [0.3, 0.4) is 0 Å². The van der Waals surface area contributed by atoms with E-state index >= 15 is 0 Å². The van der Waals surface area contributed by atoms with Crippen molar-refractivity contribution in [2.24, 2.45) is 0 Å². The van der Waals surface area contributed by atoms with Crippen LogP contribution in [0, 0.1) is 0 Å². The number of nitrogens with zero attached hydrogens (tertiary/aromatic N) is 3. The van der Waals surface area contributed by atoms with Crippen molar-refractivity contribution in [3.8, 4) is 5.69 Å². The molecule has 1 aromatic heterocycles. The Morgan fingerprint density at radius 1 is 1.45 bits per heavy atom. The van der Waals surface area contributed by atoms with Gasteiger partial charge in [0.05, 0.1) is 30.7 Å². The number of ether oxygens (including phenoxy) is 1. The van der Waals surface area contributed by atoms with Crippen molar-refractivity contribution in [3.05, 3.63) is 47.2 Å². The van der Waals surface area contributed by atoms with Crippen LogP contribution in [0.5, 0.6) is 0 Å². The standard InChI is InChI=1S/C15H18ClN3O3/c1-22-8-6-18(5-7-20)15(21)12-10-17-19(11-12)14-4-2-3-13(16)9-14/h2-4,9-11,20H,5-8H2,1H3. The number of aliphatic hydroxyl groups excluding tert-OH is 1. The fourth-order valence-corrected chi connectivity index (χ4v) is 2.20. The summed E-state index contributed by atoms with van der Waals surface area (Å²) in [5.74, 6) is -0.195. The molecule has 0 spiro atoms. The van der Waals surface area contributed by atoms with Gasteiger partial charge in [-0.2, -0.15) is 5.10 Å². The molecule has 0 aliphatic carbocycles. The van der Waals surface area contributed by atoms with Gasteiger partial charge in [-0.25, -0.2) is 4.68 Å². The number of benzene rings is 1. The average Bonchev–Trinajstić information content (AvgIpc) is 3.00. The monoisotopic (exact) mass is 323 g/mol. The Hall–Kier alpha value is -1.89. The lowest BCUT2D eigenvalue weighted by Crippen LogP contribution is -2.36. The Morgan fingerprint density at radius 2 is 2.27 bits per heavy atom. The molecule has 1 amide bonds. The Balaban J connectivity index is 2.16. The van der Waals surface area contributed by atoms with Crippen LogP contribution in [0.4, 0.5) is 0 Å². The zero-order chi connectivity index (χ0) is 15.9. The molecule has 0 saturated heterocycles. The lowest BCUT2D eigenvalue weighted by atomic mass is 10.3. The average molecular weight is 324 g/mol. The second kappa shape index (κ2) is 7.93. The number of methoxy groups -OCH3 is 1. The van der Waals surface area contributed by atoms with Crippen LogP contribution in [-0.2, 0) is 4.74 Å². The highest BCUT2D eigenvalue weighted by atomic mass is 35.5. The van der Waals surface area contributed by atoms with Crippen LogP contribution in [0.15, 0.2) is 36.7 Å². The largest absolute Gasteiger partial charge is 0.395 e. The van der Waals surface area contributed by atoms with Crippen LogP contribution < -0.4 is 0 Å². The summed E-state index contributed by atoms with van der Waals surface area (Å²) in [6, 6.07) is 7.20. The molecular weight excluding hydrogens is 306 g/mol. The van der Waals surface area contributed by atoms with Crippen LogP contribution in [-0.4, -0.2) is 59.1 Å². The normalized spacial score (nSPS) is 10.7. The van der Waals surface area contributed by atoms with Crippen LogP contribution in [0.1, 0.15) is 10.4 Å². The molecule has 0 unspecified atom stereocenters. The Morgan fingerprint density at radius 3 is 2.95 bits per heavy atom. The molecule has 0 fully saturated rings. The first kappa shape index (κ1) is 16.5. The maximum atomic E-state index is 12.4. The summed E-state index contributed by atoms with van der Waals surface area (Å²) in [5, 5.41) is 13.9. The number of halogens is 1. The molecule has 0 atom stereocenters. The molecule has 6 nitrogen and oxygen atoms in total. The molecule has 0 bridgehead atoms. The first-order chi connectivity index (χ1) is 10.7. The quantitative estimate of drug-likeness (QED) is 0.840. The molecule has 1 aromatic carbocycles. The molecule has 0 aliphatic heterocycles. The molecule has 0 saturated carbocycles. The number of aliphatic hydroxyl groups is 1. The number of amides is 1. The predicted octanol–water partition coefficient (Wildman–Crippen LogP) is 1.61. The van der Waals surface area contributed by atoms with Crippen LogP contribution in [0.2, 0.25) is 5.02 Å². The van der Waals surface area contributed by atoms with E-state index in [0.29, 0.717) is 23.7 Å². The highest BCUT2D eigenvalue weighted by Gasteiger charge is 2.17. The molecule has 0 aliphatic rings. The number of aromatic nitrogens is 2. The lowest BCUT2D eigenvalue weighted by molar-refractivity contribution is 0.0656. The fraction of sp³-hybridized carbons (Fsp3) is 0.333. The van der Waals surface area contributed by atoms with E-state index < -0.39 is 0 Å². The zero-order valence-corrected chi connectivity index (χ0v) is 13.0. The van der Waals surface area contributed by atoms with Crippen LogP contribution >= 0.6 is 11.6 Å². The van der Waals surface area contributed by atoms with E-state index in [1.165, 1.54) is 11.1 Å². The highest BCUT2D eigenvalue weighted by molar-refractivity contribution is 6.30. The molecule has 22 heavy (non-hydrogen) atoms. The van der Waals surface area contributed by atoms with Gasteiger partial charge in [-0.05, 0) is 18.2 Å². The molecule has 118 valence electrons. The Labute approximate surface area is 133 Å². The van der Waals surface area contributed by atoms with Crippen molar-refractivity contribution in [1.29, 1.82) is 0 Å². The highest BCUT2D eigenvalue weighted by Crippen LogP contribution is 2.15. The summed E-state index contributed by atoms with van der Waals surface area (Å²) in [6.07, 6.45) is 3.14. The zero-order valence-electron chi connectivity index (χ0n) is 12.3. The molecule has 1 N–H and O–H groups in total. The third-order valence-electron chi connectivity index (χ3n) is 3.12. The molecule has 0 radical (unpaired) electrons. The van der Waals surface area contributed by atoms with E-state index in [-0.39, 0.29) is 19.1 Å². The lowest BCUT2D eigenvalue weighted by Gasteiger charge is -2.20. The maximum Gasteiger partial charge on any atom is 0.257 e. The van der Waals surface area contributed by atoms with Crippen molar-refractivity contribution in [2.45, 2.75) is 0 Å². The molecule has 2 aromatic rings. The summed E-state index contributed by atoms with van der Waals surface area (Å²) >= 11 is 5.96. The van der Waals surface area contributed by atoms with E-state index in [1.54, 1.807) is 30.1 Å².